The summed E-state index contributed by atoms with van der Waals surface area (Å²) in [5.74, 6) is -0.362. The van der Waals surface area contributed by atoms with Crippen LogP contribution in [0.4, 0.5) is 18.9 Å². The van der Waals surface area contributed by atoms with E-state index >= 15 is 0 Å². The average Bonchev–Trinajstić information content (AvgIpc) is 2.78. The minimum absolute atomic E-state index is 0.102. The number of rotatable bonds is 6. The molecule has 2 amide bonds. The number of para-hydroxylation sites is 1. The smallest absolute Gasteiger partial charge is 0.337 e. The Hall–Kier alpha value is -3.13. The molecular weight excluding hydrogens is 419 g/mol. The summed E-state index contributed by atoms with van der Waals surface area (Å²) in [5, 5.41) is 2.94. The fourth-order valence-electron chi connectivity index (χ4n) is 3.56. The van der Waals surface area contributed by atoms with Crippen molar-refractivity contribution >= 4 is 23.6 Å². The zero-order chi connectivity index (χ0) is 23.1. The van der Waals surface area contributed by atoms with Crippen LogP contribution in [0.25, 0.3) is 6.08 Å². The van der Waals surface area contributed by atoms with Gasteiger partial charge in [-0.2, -0.15) is 13.2 Å². The number of carbonyl (C=O) groups is 2. The highest BCUT2D eigenvalue weighted by Gasteiger charge is 2.30. The summed E-state index contributed by atoms with van der Waals surface area (Å²) in [5.41, 5.74) is 1.45. The molecule has 0 saturated carbocycles. The lowest BCUT2D eigenvalue weighted by molar-refractivity contribution is -0.137. The monoisotopic (exact) mass is 445 g/mol. The van der Waals surface area contributed by atoms with E-state index in [0.29, 0.717) is 31.7 Å². The van der Waals surface area contributed by atoms with Crippen molar-refractivity contribution < 1.29 is 22.8 Å². The van der Waals surface area contributed by atoms with Crippen LogP contribution in [0.2, 0.25) is 0 Å². The van der Waals surface area contributed by atoms with Crippen LogP contribution in [0.3, 0.4) is 0 Å². The Labute approximate surface area is 185 Å². The minimum Gasteiger partial charge on any atom is -0.337 e. The second kappa shape index (κ2) is 10.5. The lowest BCUT2D eigenvalue weighted by Crippen LogP contribution is -2.50. The van der Waals surface area contributed by atoms with Gasteiger partial charge in [0.2, 0.25) is 11.8 Å². The lowest BCUT2D eigenvalue weighted by atomic mass is 10.1. The summed E-state index contributed by atoms with van der Waals surface area (Å²) in [7, 11) is 0. The number of hydrogen-bond acceptors (Lipinski definition) is 3. The van der Waals surface area contributed by atoms with Crippen LogP contribution in [0.5, 0.6) is 0 Å². The van der Waals surface area contributed by atoms with Crippen molar-refractivity contribution in [2.45, 2.75) is 19.5 Å². The summed E-state index contributed by atoms with van der Waals surface area (Å²) < 4.78 is 38.4. The number of amides is 2. The number of carbonyl (C=O) groups excluding carboxylic acids is 2. The Morgan fingerprint density at radius 3 is 2.44 bits per heavy atom. The van der Waals surface area contributed by atoms with Gasteiger partial charge in [0.05, 0.1) is 12.1 Å². The van der Waals surface area contributed by atoms with E-state index in [-0.39, 0.29) is 18.4 Å². The van der Waals surface area contributed by atoms with Crippen LogP contribution in [-0.4, -0.2) is 54.3 Å². The van der Waals surface area contributed by atoms with Gasteiger partial charge >= 0.3 is 6.18 Å². The fourth-order valence-corrected chi connectivity index (χ4v) is 3.56. The third-order valence-electron chi connectivity index (χ3n) is 5.36. The number of aryl methyl sites for hydroxylation is 1. The molecule has 0 aromatic heterocycles. The number of nitrogens with zero attached hydrogens (tertiary/aromatic N) is 2. The van der Waals surface area contributed by atoms with Gasteiger partial charge in [0.1, 0.15) is 0 Å². The average molecular weight is 445 g/mol. The molecule has 170 valence electrons. The molecule has 0 radical (unpaired) electrons. The predicted octanol–water partition coefficient (Wildman–Crippen LogP) is 4.06. The van der Waals surface area contributed by atoms with Crippen molar-refractivity contribution in [2.24, 2.45) is 0 Å². The van der Waals surface area contributed by atoms with Crippen molar-refractivity contribution in [3.8, 4) is 0 Å². The highest BCUT2D eigenvalue weighted by atomic mass is 19.4. The number of hydrogen-bond donors (Lipinski definition) is 1. The number of nitrogens with one attached hydrogen (secondary N) is 1. The highest BCUT2D eigenvalue weighted by Crippen LogP contribution is 2.29. The quantitative estimate of drug-likeness (QED) is 0.683. The van der Waals surface area contributed by atoms with Crippen LogP contribution >= 0.6 is 0 Å². The second-order valence-corrected chi connectivity index (χ2v) is 7.62. The first kappa shape index (κ1) is 23.5. The van der Waals surface area contributed by atoms with Gasteiger partial charge in [0, 0.05) is 37.9 Å². The summed E-state index contributed by atoms with van der Waals surface area (Å²) in [6.45, 7) is 4.26. The summed E-state index contributed by atoms with van der Waals surface area (Å²) in [6.07, 6.45) is -0.914. The molecule has 1 fully saturated rings. The molecule has 1 heterocycles. The topological polar surface area (TPSA) is 52.7 Å². The van der Waals surface area contributed by atoms with E-state index < -0.39 is 11.7 Å². The molecule has 0 unspecified atom stereocenters. The maximum absolute atomic E-state index is 12.8. The molecule has 0 atom stereocenters. The van der Waals surface area contributed by atoms with E-state index in [1.165, 1.54) is 24.3 Å². The number of alkyl halides is 3. The van der Waals surface area contributed by atoms with Crippen molar-refractivity contribution in [1.82, 2.24) is 9.80 Å². The van der Waals surface area contributed by atoms with Gasteiger partial charge in [-0.05, 0) is 41.8 Å². The maximum atomic E-state index is 12.8. The number of piperazine rings is 1. The number of benzene rings is 2. The van der Waals surface area contributed by atoms with Gasteiger partial charge in [-0.25, -0.2) is 0 Å². The molecule has 5 nitrogen and oxygen atoms in total. The van der Waals surface area contributed by atoms with Gasteiger partial charge in [0.15, 0.2) is 0 Å². The Morgan fingerprint density at radius 1 is 1.03 bits per heavy atom. The molecule has 1 aliphatic rings. The van der Waals surface area contributed by atoms with E-state index in [1.54, 1.807) is 4.90 Å². The van der Waals surface area contributed by atoms with E-state index in [0.717, 1.165) is 29.8 Å². The van der Waals surface area contributed by atoms with E-state index in [2.05, 4.69) is 5.32 Å². The summed E-state index contributed by atoms with van der Waals surface area (Å²) in [4.78, 5) is 28.4. The van der Waals surface area contributed by atoms with Gasteiger partial charge in [-0.1, -0.05) is 37.3 Å². The van der Waals surface area contributed by atoms with Crippen LogP contribution in [0, 0.1) is 0 Å². The van der Waals surface area contributed by atoms with Crippen LogP contribution in [-0.2, 0) is 22.2 Å². The molecule has 0 spiro atoms. The highest BCUT2D eigenvalue weighted by molar-refractivity contribution is 5.93. The lowest BCUT2D eigenvalue weighted by Gasteiger charge is -2.33. The number of halogens is 3. The molecule has 3 rings (SSSR count). The summed E-state index contributed by atoms with van der Waals surface area (Å²) >= 11 is 0. The molecule has 8 heteroatoms. The molecule has 2 aromatic carbocycles. The normalized spacial score (nSPS) is 15.2. The Bertz CT molecular complexity index is 980. The number of anilines is 1. The zero-order valence-corrected chi connectivity index (χ0v) is 17.9. The van der Waals surface area contributed by atoms with Crippen molar-refractivity contribution in [3.63, 3.8) is 0 Å². The maximum Gasteiger partial charge on any atom is 0.416 e. The Morgan fingerprint density at radius 2 is 1.75 bits per heavy atom. The summed E-state index contributed by atoms with van der Waals surface area (Å²) in [6, 6.07) is 12.5. The molecule has 1 N–H and O–H groups in total. The SMILES string of the molecule is CCc1ccccc1NC(=O)CN1CCN(C(=O)/C=C/c2cccc(C(F)(F)F)c2)CC1. The first-order chi connectivity index (χ1) is 15.3. The fraction of sp³-hybridized carbons (Fsp3) is 0.333. The first-order valence-electron chi connectivity index (χ1n) is 10.5. The third-order valence-corrected chi connectivity index (χ3v) is 5.36. The second-order valence-electron chi connectivity index (χ2n) is 7.62. The molecule has 1 saturated heterocycles. The predicted molar refractivity (Wildman–Crippen MR) is 118 cm³/mol. The minimum atomic E-state index is -4.42. The molecule has 1 aliphatic heterocycles. The largest absolute Gasteiger partial charge is 0.416 e. The Kier molecular flexibility index (Phi) is 7.69. The molecule has 2 aromatic rings. The van der Waals surface area contributed by atoms with E-state index in [9.17, 15) is 22.8 Å². The van der Waals surface area contributed by atoms with E-state index in [4.69, 9.17) is 0 Å². The van der Waals surface area contributed by atoms with Gasteiger partial charge < -0.3 is 10.2 Å². The molecule has 32 heavy (non-hydrogen) atoms. The zero-order valence-electron chi connectivity index (χ0n) is 17.9. The van der Waals surface area contributed by atoms with E-state index in [1.807, 2.05) is 36.1 Å². The van der Waals surface area contributed by atoms with Gasteiger partial charge in [-0.3, -0.25) is 14.5 Å². The van der Waals surface area contributed by atoms with Crippen molar-refractivity contribution in [2.75, 3.05) is 38.0 Å². The molecule has 0 aliphatic carbocycles. The molecule has 0 bridgehead atoms. The molecular formula is C24H26F3N3O2. The van der Waals surface area contributed by atoms with Crippen LogP contribution in [0.15, 0.2) is 54.6 Å². The van der Waals surface area contributed by atoms with Crippen LogP contribution < -0.4 is 5.32 Å². The van der Waals surface area contributed by atoms with Crippen LogP contribution in [0.1, 0.15) is 23.6 Å². The van der Waals surface area contributed by atoms with Crippen molar-refractivity contribution in [3.05, 3.63) is 71.3 Å². The van der Waals surface area contributed by atoms with Gasteiger partial charge in [-0.15, -0.1) is 0 Å². The standard InChI is InChI=1S/C24H26F3N3O2/c1-2-19-7-3-4-9-21(19)28-22(31)17-29-12-14-30(15-13-29)23(32)11-10-18-6-5-8-20(16-18)24(25,26)27/h3-11,16H,2,12-15,17H2,1H3,(H,28,31)/b11-10+. The first-order valence-corrected chi connectivity index (χ1v) is 10.5. The third kappa shape index (κ3) is 6.43. The Balaban J connectivity index is 1.48. The van der Waals surface area contributed by atoms with Gasteiger partial charge in [0.25, 0.3) is 0 Å². The van der Waals surface area contributed by atoms with Crippen molar-refractivity contribution in [1.29, 1.82) is 0 Å².